The molecule has 0 bridgehead atoms. The normalized spacial score (nSPS) is 11.6. The average molecular weight is 1120 g/mol. The molecule has 0 saturated carbocycles. The van der Waals surface area contributed by atoms with Crippen molar-refractivity contribution in [2.75, 3.05) is 59.2 Å². The largest absolute Gasteiger partial charge is 1.00 e. The van der Waals surface area contributed by atoms with Gasteiger partial charge in [0, 0.05) is 68.9 Å². The van der Waals surface area contributed by atoms with E-state index in [2.05, 4.69) is 127 Å². The van der Waals surface area contributed by atoms with Crippen LogP contribution in [0, 0.1) is 34.9 Å². The number of aliphatic hydroxyl groups excluding tert-OH is 2. The van der Waals surface area contributed by atoms with Crippen LogP contribution in [0.4, 0.5) is 26.3 Å². The van der Waals surface area contributed by atoms with Gasteiger partial charge in [0.05, 0.1) is 34.0 Å². The first-order chi connectivity index (χ1) is 30.5. The molecule has 0 amide bonds. The summed E-state index contributed by atoms with van der Waals surface area (Å²) in [7, 11) is -2.76. The summed E-state index contributed by atoms with van der Waals surface area (Å²) < 4.78 is 116. The van der Waals surface area contributed by atoms with Crippen LogP contribution in [0.25, 0.3) is 0 Å². The zero-order chi connectivity index (χ0) is 52.8. The Morgan fingerprint density at radius 2 is 0.783 bits per heavy atom. The second kappa shape index (κ2) is 33.9. The summed E-state index contributed by atoms with van der Waals surface area (Å²) in [6.07, 6.45) is 0. The van der Waals surface area contributed by atoms with Gasteiger partial charge in [-0.25, -0.2) is 26.3 Å². The summed E-state index contributed by atoms with van der Waals surface area (Å²) in [6, 6.07) is 5.91. The first-order valence-corrected chi connectivity index (χ1v) is 31.6. The number of methoxy groups -OCH3 is 2. The summed E-state index contributed by atoms with van der Waals surface area (Å²) in [5.74, 6) is -6.12. The van der Waals surface area contributed by atoms with Crippen LogP contribution < -0.4 is 48.5 Å². The van der Waals surface area contributed by atoms with E-state index < -0.39 is 83.7 Å². The number of benzene rings is 3. The van der Waals surface area contributed by atoms with Gasteiger partial charge in [-0.3, -0.25) is 0 Å². The van der Waals surface area contributed by atoms with Crippen LogP contribution in [-0.2, 0) is 19.9 Å². The Morgan fingerprint density at radius 1 is 0.522 bits per heavy atom. The van der Waals surface area contributed by atoms with Crippen molar-refractivity contribution in [2.24, 2.45) is 0 Å². The van der Waals surface area contributed by atoms with Crippen LogP contribution in [0.2, 0.25) is 54.4 Å². The van der Waals surface area contributed by atoms with Gasteiger partial charge >= 0.3 is 29.6 Å². The van der Waals surface area contributed by atoms with E-state index in [0.29, 0.717) is 18.3 Å². The number of hydrogen-bond donors (Lipinski definition) is 3. The van der Waals surface area contributed by atoms with Gasteiger partial charge in [-0.15, -0.1) is 0 Å². The fourth-order valence-electron chi connectivity index (χ4n) is 4.23. The standard InChI is InChI=1S/2C15H24F2O3Si.C8H19BrOSi.C7H6F2O2.C2H6O.B.Na.H/c1-15(2,3)21(5,6)20-8-7-19-11-9-12(16)14(18-4)13(17)10-11;1-15(2,3)21(4,5)20-7-6-19-11-8-13(16)12(10-18)14(17)9-11;1-8(2,3)11(4,5)10-7-6-9;1-11-7-5(8)2-4(10)3-6(7)9;1-2-3;;;/h9-10H,7-8H2,1-6H3;8-9,18H,6-7,10H2,1-5H3;6-7H2,1-5H3;2-3,10H,1H3;3H,2H2,1H3;;;/q;;;;;;+1;-1. The van der Waals surface area contributed by atoms with Crippen molar-refractivity contribution in [3.8, 4) is 28.7 Å². The van der Waals surface area contributed by atoms with Crippen molar-refractivity contribution in [1.82, 2.24) is 0 Å². The summed E-state index contributed by atoms with van der Waals surface area (Å²) in [6.45, 7) is 36.0. The van der Waals surface area contributed by atoms with E-state index in [1.54, 1.807) is 6.92 Å². The molecule has 3 N–H and O–H groups in total. The minimum atomic E-state index is -1.84. The maximum absolute atomic E-state index is 13.5. The zero-order valence-electron chi connectivity index (χ0n) is 45.5. The van der Waals surface area contributed by atoms with Crippen LogP contribution >= 0.6 is 15.9 Å². The Labute approximate surface area is 446 Å². The minimum Gasteiger partial charge on any atom is -1.00 e. The molecule has 3 aromatic rings. The molecule has 0 atom stereocenters. The second-order valence-corrected chi connectivity index (χ2v) is 34.6. The van der Waals surface area contributed by atoms with Crippen LogP contribution in [0.1, 0.15) is 76.2 Å². The quantitative estimate of drug-likeness (QED) is 0.0553. The topological polar surface area (TPSA) is 125 Å². The van der Waals surface area contributed by atoms with Gasteiger partial charge < -0.3 is 49.0 Å². The SMILES string of the molecule is CC(C)(C)[Si](C)(C)OCCBr.CC(C)(C)[Si](C)(C)OCCOc1cc(F)c(CO)c(F)c1.CCO.COc1c(F)cc(O)cc1F.COc1c(F)cc(OCCO[Si](C)(C)C(C)(C)C)cc1F.[B].[H-].[Na+]. The molecule has 0 unspecified atom stereocenters. The van der Waals surface area contributed by atoms with Crippen LogP contribution in [-0.4, -0.2) is 108 Å². The number of phenols is 1. The molecule has 0 fully saturated rings. The smallest absolute Gasteiger partial charge is 1.00 e. The Hall–Kier alpha value is -1.76. The van der Waals surface area contributed by atoms with E-state index in [1.165, 1.54) is 7.11 Å². The predicted octanol–water partition coefficient (Wildman–Crippen LogP) is 10.0. The molecule has 0 aliphatic carbocycles. The number of ether oxygens (including phenoxy) is 4. The van der Waals surface area contributed by atoms with Crippen molar-refractivity contribution in [3.05, 3.63) is 76.9 Å². The molecular formula is C47H80BBrF6NaO10Si3. The second-order valence-electron chi connectivity index (χ2n) is 19.4. The first-order valence-electron chi connectivity index (χ1n) is 21.7. The van der Waals surface area contributed by atoms with Gasteiger partial charge in [-0.1, -0.05) is 78.2 Å². The third-order valence-electron chi connectivity index (χ3n) is 11.2. The van der Waals surface area contributed by atoms with Crippen molar-refractivity contribution in [1.29, 1.82) is 0 Å². The van der Waals surface area contributed by atoms with Crippen molar-refractivity contribution >= 4 is 49.3 Å². The summed E-state index contributed by atoms with van der Waals surface area (Å²) in [5, 5.41) is 26.6. The van der Waals surface area contributed by atoms with Gasteiger partial charge in [0.2, 0.25) is 0 Å². The van der Waals surface area contributed by atoms with Crippen LogP contribution in [0.5, 0.6) is 28.7 Å². The molecule has 3 aromatic carbocycles. The fraction of sp³-hybridized carbons (Fsp3) is 0.617. The number of halogens is 7. The molecule has 0 aliphatic rings. The maximum atomic E-state index is 13.5. The molecule has 22 heteroatoms. The third kappa shape index (κ3) is 27.2. The third-order valence-corrected chi connectivity index (χ3v) is 25.2. The maximum Gasteiger partial charge on any atom is 1.00 e. The molecule has 3 rings (SSSR count). The average Bonchev–Trinajstić information content (AvgIpc) is 3.17. The molecular weight excluding hydrogens is 1040 g/mol. The molecule has 393 valence electrons. The van der Waals surface area contributed by atoms with Crippen molar-refractivity contribution < 1.29 is 105 Å². The molecule has 0 aromatic heterocycles. The van der Waals surface area contributed by atoms with E-state index in [0.717, 1.165) is 55.4 Å². The minimum absolute atomic E-state index is 0. The zero-order valence-corrected chi connectivity index (χ0v) is 51.1. The molecule has 10 nitrogen and oxygen atoms in total. The molecule has 0 saturated heterocycles. The van der Waals surface area contributed by atoms with Crippen LogP contribution in [0.15, 0.2) is 36.4 Å². The fourth-order valence-corrected chi connectivity index (χ4v) is 7.79. The number of hydrogen-bond acceptors (Lipinski definition) is 10. The van der Waals surface area contributed by atoms with Gasteiger partial charge in [0.15, 0.2) is 59.7 Å². The van der Waals surface area contributed by atoms with Gasteiger partial charge in [0.25, 0.3) is 0 Å². The molecule has 0 aliphatic heterocycles. The number of alkyl halides is 1. The molecule has 3 radical (unpaired) electrons. The van der Waals surface area contributed by atoms with Gasteiger partial charge in [0.1, 0.15) is 42.1 Å². The Bertz CT molecular complexity index is 1750. The molecule has 0 heterocycles. The Balaban J connectivity index is -0.000000269. The van der Waals surface area contributed by atoms with Gasteiger partial charge in [-0.2, -0.15) is 0 Å². The Kier molecular flexibility index (Phi) is 36.2. The number of rotatable bonds is 16. The number of phenolic OH excluding ortho intramolecular Hbond substituents is 1. The van der Waals surface area contributed by atoms with E-state index in [9.17, 15) is 26.3 Å². The molecule has 69 heavy (non-hydrogen) atoms. The van der Waals surface area contributed by atoms with Crippen molar-refractivity contribution in [3.63, 3.8) is 0 Å². The summed E-state index contributed by atoms with van der Waals surface area (Å²) in [4.78, 5) is 0. The van der Waals surface area contributed by atoms with Crippen LogP contribution in [0.3, 0.4) is 0 Å². The Morgan fingerprint density at radius 3 is 1.03 bits per heavy atom. The summed E-state index contributed by atoms with van der Waals surface area (Å²) >= 11 is 3.37. The van der Waals surface area contributed by atoms with Crippen molar-refractivity contribution in [2.45, 2.75) is 130 Å². The summed E-state index contributed by atoms with van der Waals surface area (Å²) in [5.41, 5.74) is -0.347. The molecule has 0 spiro atoms. The van der Waals surface area contributed by atoms with E-state index in [4.69, 9.17) is 38.1 Å². The van der Waals surface area contributed by atoms with E-state index >= 15 is 0 Å². The monoisotopic (exact) mass is 1120 g/mol. The van der Waals surface area contributed by atoms with E-state index in [-0.39, 0.29) is 86.4 Å². The van der Waals surface area contributed by atoms with E-state index in [1.807, 2.05) is 0 Å². The number of aliphatic hydroxyl groups is 2. The predicted molar refractivity (Wildman–Crippen MR) is 274 cm³/mol. The van der Waals surface area contributed by atoms with Gasteiger partial charge in [-0.05, 0) is 61.3 Å². The number of aromatic hydroxyl groups is 1. The first kappa shape index (κ1) is 73.8.